The minimum Gasteiger partial charge on any atom is -0.481 e. The quantitative estimate of drug-likeness (QED) is 0.0427. The number of fused-ring (bicyclic) bond motifs is 2. The van der Waals surface area contributed by atoms with Gasteiger partial charge in [0, 0.05) is 29.9 Å². The van der Waals surface area contributed by atoms with Crippen LogP contribution in [0.5, 0.6) is 0 Å². The van der Waals surface area contributed by atoms with Gasteiger partial charge in [0.1, 0.15) is 47.7 Å². The van der Waals surface area contributed by atoms with Crippen molar-refractivity contribution in [2.24, 2.45) is 5.73 Å². The Hall–Kier alpha value is -3.94. The van der Waals surface area contributed by atoms with E-state index in [0.717, 1.165) is 16.5 Å². The zero-order valence-corrected chi connectivity index (χ0v) is 31.0. The Morgan fingerprint density at radius 1 is 1.02 bits per heavy atom. The Labute approximate surface area is 307 Å². The van der Waals surface area contributed by atoms with Crippen molar-refractivity contribution in [3.63, 3.8) is 0 Å². The fourth-order valence-corrected chi connectivity index (χ4v) is 7.91. The number of aryl methyl sites for hydroxylation is 1. The largest absolute Gasteiger partial charge is 0.481 e. The number of rotatable bonds is 15. The number of aliphatic carboxylic acids is 2. The minimum absolute atomic E-state index is 0.0125. The van der Waals surface area contributed by atoms with E-state index in [1.54, 1.807) is 0 Å². The number of anilines is 1. The van der Waals surface area contributed by atoms with Crippen molar-refractivity contribution < 1.29 is 60.7 Å². The lowest BCUT2D eigenvalue weighted by Gasteiger charge is -2.16. The molecule has 1 fully saturated rings. The van der Waals surface area contributed by atoms with Crippen molar-refractivity contribution in [3.8, 4) is 0 Å². The zero-order chi connectivity index (χ0) is 39.5. The highest BCUT2D eigenvalue weighted by Gasteiger charge is 2.46. The maximum atomic E-state index is 10.8. The molecular weight excluding hydrogens is 763 g/mol. The van der Waals surface area contributed by atoms with E-state index in [4.69, 9.17) is 35.5 Å². The smallest absolute Gasteiger partial charge is 0.320 e. The van der Waals surface area contributed by atoms with Crippen LogP contribution in [-0.2, 0) is 51.9 Å². The Balaban J connectivity index is 0.000000243. The number of nitrogens with one attached hydrogen (secondary N) is 1. The van der Waals surface area contributed by atoms with Crippen molar-refractivity contribution in [2.75, 3.05) is 35.0 Å². The first-order valence-corrected chi connectivity index (χ1v) is 21.2. The molecule has 5 rings (SSSR count). The second kappa shape index (κ2) is 19.4. The number of carboxylic acids is 2. The summed E-state index contributed by atoms with van der Waals surface area (Å²) in [5.74, 6) is -1.47. The van der Waals surface area contributed by atoms with Crippen molar-refractivity contribution >= 4 is 71.0 Å². The molecule has 1 aromatic carbocycles. The van der Waals surface area contributed by atoms with E-state index in [2.05, 4.69) is 19.9 Å². The van der Waals surface area contributed by atoms with Crippen LogP contribution in [0.1, 0.15) is 37.5 Å². The maximum absolute atomic E-state index is 10.8. The van der Waals surface area contributed by atoms with Crippen LogP contribution >= 0.6 is 0 Å². The van der Waals surface area contributed by atoms with Crippen molar-refractivity contribution in [3.05, 3.63) is 48.7 Å². The molecule has 0 spiro atoms. The van der Waals surface area contributed by atoms with Crippen LogP contribution < -0.4 is 11.5 Å². The summed E-state index contributed by atoms with van der Waals surface area (Å²) in [6.07, 6.45) is 3.98. The van der Waals surface area contributed by atoms with Crippen molar-refractivity contribution in [1.29, 1.82) is 0 Å². The van der Waals surface area contributed by atoms with Gasteiger partial charge in [-0.1, -0.05) is 18.2 Å². The fraction of sp³-hybridized carbons (Fsp3) is 0.500. The molecule has 0 saturated carbocycles. The monoisotopic (exact) mass is 806 g/mol. The number of nitrogen functional groups attached to an aromatic ring is 1. The van der Waals surface area contributed by atoms with E-state index in [1.165, 1.54) is 17.2 Å². The Morgan fingerprint density at radius 2 is 1.66 bits per heavy atom. The van der Waals surface area contributed by atoms with Crippen LogP contribution in [0, 0.1) is 0 Å². The molecule has 1 unspecified atom stereocenters. The SMILES string of the molecule is C[S+](CC[C@H](N)C(=O)O)C[C@H]1O[C@@H](n2cnc3c(N)ncnc32)[C@H](O)[C@@H]1O.O=C(O)CCc1c[nH]c2ccccc12.O=S(=O)(O)CCCCS(=O)(=O)O. The van der Waals surface area contributed by atoms with Gasteiger partial charge in [0.15, 0.2) is 17.7 Å². The lowest BCUT2D eigenvalue weighted by molar-refractivity contribution is -0.139. The van der Waals surface area contributed by atoms with Gasteiger partial charge in [-0.25, -0.2) is 15.0 Å². The van der Waals surface area contributed by atoms with Gasteiger partial charge >= 0.3 is 11.9 Å². The summed E-state index contributed by atoms with van der Waals surface area (Å²) in [5.41, 5.74) is 14.2. The van der Waals surface area contributed by atoms with E-state index in [0.29, 0.717) is 35.5 Å². The number of carboxylic acid groups (broad SMARTS) is 2. The number of para-hydroxylation sites is 1. The molecule has 3 aromatic heterocycles. The third kappa shape index (κ3) is 13.8. The number of hydrogen-bond acceptors (Lipinski definition) is 14. The number of nitrogens with zero attached hydrogens (tertiary/aromatic N) is 4. The van der Waals surface area contributed by atoms with Crippen molar-refractivity contribution in [2.45, 2.75) is 62.7 Å². The Bertz CT molecular complexity index is 2010. The van der Waals surface area contributed by atoms with E-state index in [-0.39, 0.29) is 36.0 Å². The van der Waals surface area contributed by atoms with Crippen LogP contribution in [0.25, 0.3) is 22.1 Å². The van der Waals surface area contributed by atoms with E-state index >= 15 is 0 Å². The molecule has 20 nitrogen and oxygen atoms in total. The Morgan fingerprint density at radius 3 is 2.26 bits per heavy atom. The highest BCUT2D eigenvalue weighted by molar-refractivity contribution is 7.96. The molecule has 1 aliphatic heterocycles. The Kier molecular flexibility index (Phi) is 15.9. The van der Waals surface area contributed by atoms with E-state index in [9.17, 15) is 36.6 Å². The van der Waals surface area contributed by atoms with Gasteiger partial charge in [0.25, 0.3) is 20.2 Å². The number of aromatic amines is 1. The predicted octanol–water partition coefficient (Wildman–Crippen LogP) is -0.195. The molecule has 1 aliphatic rings. The minimum atomic E-state index is -4.02. The number of hydrogen-bond donors (Lipinski definition) is 9. The predicted molar refractivity (Wildman–Crippen MR) is 195 cm³/mol. The number of unbranched alkanes of at least 4 members (excludes halogenated alkanes) is 1. The number of nitrogens with two attached hydrogens (primary N) is 2. The summed E-state index contributed by atoms with van der Waals surface area (Å²) in [6, 6.07) is 7.00. The summed E-state index contributed by atoms with van der Waals surface area (Å²) in [5, 5.41) is 39.4. The molecule has 4 heterocycles. The topological polar surface area (TPSA) is 344 Å². The number of carbonyl (C=O) groups is 2. The molecule has 23 heteroatoms. The summed E-state index contributed by atoms with van der Waals surface area (Å²) in [7, 11) is -8.27. The highest BCUT2D eigenvalue weighted by Crippen LogP contribution is 2.32. The number of aromatic nitrogens is 5. The van der Waals surface area contributed by atoms with E-state index in [1.807, 2.05) is 36.7 Å². The van der Waals surface area contributed by atoms with Gasteiger partial charge in [-0.2, -0.15) is 16.8 Å². The normalized spacial score (nSPS) is 19.9. The van der Waals surface area contributed by atoms with Crippen LogP contribution in [-0.4, -0.2) is 136 Å². The van der Waals surface area contributed by atoms with Gasteiger partial charge in [0.05, 0.1) is 24.1 Å². The van der Waals surface area contributed by atoms with Gasteiger partial charge in [-0.15, -0.1) is 0 Å². The number of ether oxygens (including phenoxy) is 1. The molecule has 0 bridgehead atoms. The highest BCUT2D eigenvalue weighted by atomic mass is 32.2. The number of aliphatic hydroxyl groups is 2. The molecule has 0 radical (unpaired) electrons. The third-order valence-electron chi connectivity index (χ3n) is 7.88. The van der Waals surface area contributed by atoms with E-state index < -0.39 is 74.3 Å². The van der Waals surface area contributed by atoms with Crippen LogP contribution in [0.3, 0.4) is 0 Å². The van der Waals surface area contributed by atoms with Crippen molar-refractivity contribution in [1.82, 2.24) is 24.5 Å². The number of benzene rings is 1. The number of H-pyrrole nitrogens is 1. The number of imidazole rings is 1. The van der Waals surface area contributed by atoms with Gasteiger partial charge in [-0.05, 0) is 41.8 Å². The van der Waals surface area contributed by atoms with Gasteiger partial charge in [-0.3, -0.25) is 23.3 Å². The molecule has 0 aliphatic carbocycles. The fourth-order valence-electron chi connectivity index (χ4n) is 5.12. The molecule has 1 saturated heterocycles. The summed E-state index contributed by atoms with van der Waals surface area (Å²) >= 11 is 0. The maximum Gasteiger partial charge on any atom is 0.320 e. The molecule has 11 N–H and O–H groups in total. The first-order chi connectivity index (χ1) is 24.8. The van der Waals surface area contributed by atoms with Gasteiger partial charge in [0.2, 0.25) is 0 Å². The summed E-state index contributed by atoms with van der Waals surface area (Å²) in [6.45, 7) is 0. The first kappa shape index (κ1) is 43.5. The molecule has 53 heavy (non-hydrogen) atoms. The van der Waals surface area contributed by atoms with Crippen LogP contribution in [0.4, 0.5) is 5.82 Å². The summed E-state index contributed by atoms with van der Waals surface area (Å²) < 4.78 is 64.2. The molecule has 6 atom stereocenters. The average Bonchev–Trinajstić information content (AvgIpc) is 3.77. The second-order valence-electron chi connectivity index (χ2n) is 12.0. The lowest BCUT2D eigenvalue weighted by Crippen LogP contribution is -2.37. The summed E-state index contributed by atoms with van der Waals surface area (Å²) in [4.78, 5) is 36.5. The lowest BCUT2D eigenvalue weighted by atomic mass is 10.1. The average molecular weight is 807 g/mol. The molecule has 0 amide bonds. The standard InChI is InChI=1S/C15H22N6O5S.C11H11NO2.C4H10O6S2/c1-27(3-2-7(16)15(24)25)4-8-10(22)11(23)14(26-8)21-6-20-9-12(17)18-5-19-13(9)21;13-11(14)6-5-8-7-12-10-4-2-1-3-9(8)10;5-11(6,7)3-1-2-4-12(8,9)10/h5-8,10-11,14,22-23H,2-4,16H2,1H3,(H2-,17,18,19,24,25);1-4,7,12H,5-6H2,(H,13,14);1-4H2,(H,5,6,7)(H,8,9,10)/p+1/t7-,8+,10+,11+,14+,27?;;/m0../s1. The number of aliphatic hydroxyl groups excluding tert-OH is 2. The molecule has 294 valence electrons. The van der Waals surface area contributed by atoms with Crippen LogP contribution in [0.15, 0.2) is 43.1 Å². The zero-order valence-electron chi connectivity index (χ0n) is 28.5. The van der Waals surface area contributed by atoms with Gasteiger partial charge < -0.3 is 41.6 Å². The third-order valence-corrected chi connectivity index (χ3v) is 11.3. The molecule has 4 aromatic rings. The van der Waals surface area contributed by atoms with Crippen LogP contribution in [0.2, 0.25) is 0 Å². The second-order valence-corrected chi connectivity index (χ2v) is 17.5. The molecular formula is C30H44N7O13S3+. The first-order valence-electron chi connectivity index (χ1n) is 16.0.